The standard InChI is InChI=1S/C20H26N2O3/c1-15-6-5-7-16(2)20(15)25-17(3)14-21(4)13-12-18-8-10-19(11-9-18)22(23)24/h5-11,17H,12-14H2,1-4H3. The van der Waals surface area contributed by atoms with Crippen molar-refractivity contribution in [2.75, 3.05) is 20.1 Å². The van der Waals surface area contributed by atoms with Gasteiger partial charge in [-0.1, -0.05) is 30.3 Å². The number of hydrogen-bond acceptors (Lipinski definition) is 4. The summed E-state index contributed by atoms with van der Waals surface area (Å²) in [5, 5.41) is 10.7. The summed E-state index contributed by atoms with van der Waals surface area (Å²) in [6.45, 7) is 7.90. The first-order valence-corrected chi connectivity index (χ1v) is 8.51. The molecule has 0 aliphatic heterocycles. The van der Waals surface area contributed by atoms with Crippen LogP contribution in [-0.2, 0) is 6.42 Å². The maximum atomic E-state index is 10.7. The Morgan fingerprint density at radius 1 is 1.12 bits per heavy atom. The number of nitro benzene ring substituents is 1. The van der Waals surface area contributed by atoms with Crippen molar-refractivity contribution in [1.29, 1.82) is 0 Å². The van der Waals surface area contributed by atoms with E-state index in [9.17, 15) is 10.1 Å². The smallest absolute Gasteiger partial charge is 0.269 e. The number of likely N-dealkylation sites (N-methyl/N-ethyl adjacent to an activating group) is 1. The molecule has 2 aromatic rings. The molecule has 0 saturated heterocycles. The molecule has 1 atom stereocenters. The first-order valence-electron chi connectivity index (χ1n) is 8.51. The predicted molar refractivity (Wildman–Crippen MR) is 100 cm³/mol. The normalized spacial score (nSPS) is 12.2. The first-order chi connectivity index (χ1) is 11.9. The van der Waals surface area contributed by atoms with E-state index >= 15 is 0 Å². The number of hydrogen-bond donors (Lipinski definition) is 0. The van der Waals surface area contributed by atoms with Crippen molar-refractivity contribution in [2.24, 2.45) is 0 Å². The zero-order valence-corrected chi connectivity index (χ0v) is 15.4. The summed E-state index contributed by atoms with van der Waals surface area (Å²) < 4.78 is 6.12. The van der Waals surface area contributed by atoms with Crippen LogP contribution < -0.4 is 4.74 Å². The number of ether oxygens (including phenoxy) is 1. The Hall–Kier alpha value is -2.40. The van der Waals surface area contributed by atoms with Crippen molar-refractivity contribution in [3.05, 3.63) is 69.3 Å². The molecule has 5 heteroatoms. The van der Waals surface area contributed by atoms with Crippen LogP contribution in [0.5, 0.6) is 5.75 Å². The van der Waals surface area contributed by atoms with Crippen molar-refractivity contribution in [2.45, 2.75) is 33.3 Å². The SMILES string of the molecule is Cc1cccc(C)c1OC(C)CN(C)CCc1ccc([N+](=O)[O-])cc1. The van der Waals surface area contributed by atoms with Gasteiger partial charge in [-0.2, -0.15) is 0 Å². The zero-order chi connectivity index (χ0) is 18.4. The van der Waals surface area contributed by atoms with Crippen LogP contribution in [0.3, 0.4) is 0 Å². The van der Waals surface area contributed by atoms with Gasteiger partial charge in [0.05, 0.1) is 4.92 Å². The van der Waals surface area contributed by atoms with Gasteiger partial charge in [-0.3, -0.25) is 10.1 Å². The largest absolute Gasteiger partial charge is 0.489 e. The Balaban J connectivity index is 1.83. The number of non-ortho nitro benzene ring substituents is 1. The minimum absolute atomic E-state index is 0.0849. The zero-order valence-electron chi connectivity index (χ0n) is 15.4. The minimum Gasteiger partial charge on any atom is -0.489 e. The molecule has 2 rings (SSSR count). The molecule has 134 valence electrons. The van der Waals surface area contributed by atoms with E-state index < -0.39 is 0 Å². The van der Waals surface area contributed by atoms with E-state index in [1.807, 2.05) is 18.2 Å². The quantitative estimate of drug-likeness (QED) is 0.534. The Bertz CT molecular complexity index is 693. The van der Waals surface area contributed by atoms with Crippen molar-refractivity contribution >= 4 is 5.69 Å². The van der Waals surface area contributed by atoms with Crippen LogP contribution >= 0.6 is 0 Å². The lowest BCUT2D eigenvalue weighted by molar-refractivity contribution is -0.384. The van der Waals surface area contributed by atoms with Crippen LogP contribution in [0.2, 0.25) is 0 Å². The van der Waals surface area contributed by atoms with Gasteiger partial charge < -0.3 is 9.64 Å². The second kappa shape index (κ2) is 8.62. The molecule has 5 nitrogen and oxygen atoms in total. The molecular formula is C20H26N2O3. The van der Waals surface area contributed by atoms with Crippen molar-refractivity contribution < 1.29 is 9.66 Å². The van der Waals surface area contributed by atoms with E-state index in [0.29, 0.717) is 0 Å². The summed E-state index contributed by atoms with van der Waals surface area (Å²) in [6, 6.07) is 12.9. The van der Waals surface area contributed by atoms with Gasteiger partial charge in [-0.05, 0) is 50.9 Å². The first kappa shape index (κ1) is 18.9. The average Bonchev–Trinajstić information content (AvgIpc) is 2.57. The van der Waals surface area contributed by atoms with Crippen LogP contribution in [-0.4, -0.2) is 36.1 Å². The van der Waals surface area contributed by atoms with E-state index in [1.165, 1.54) is 0 Å². The van der Waals surface area contributed by atoms with Crippen LogP contribution in [0.25, 0.3) is 0 Å². The lowest BCUT2D eigenvalue weighted by Gasteiger charge is -2.24. The molecule has 25 heavy (non-hydrogen) atoms. The van der Waals surface area contributed by atoms with Crippen LogP contribution in [0.1, 0.15) is 23.6 Å². The maximum absolute atomic E-state index is 10.7. The highest BCUT2D eigenvalue weighted by molar-refractivity contribution is 5.39. The van der Waals surface area contributed by atoms with Crippen molar-refractivity contribution in [1.82, 2.24) is 4.90 Å². The van der Waals surface area contributed by atoms with Crippen molar-refractivity contribution in [3.63, 3.8) is 0 Å². The van der Waals surface area contributed by atoms with Crippen LogP contribution in [0.4, 0.5) is 5.69 Å². The predicted octanol–water partition coefficient (Wildman–Crippen LogP) is 4.15. The summed E-state index contributed by atoms with van der Waals surface area (Å²) in [5.74, 6) is 0.971. The molecule has 0 spiro atoms. The van der Waals surface area contributed by atoms with E-state index in [2.05, 4.69) is 44.9 Å². The van der Waals surface area contributed by atoms with Gasteiger partial charge in [0, 0.05) is 25.2 Å². The molecule has 0 aliphatic carbocycles. The van der Waals surface area contributed by atoms with E-state index in [1.54, 1.807) is 12.1 Å². The summed E-state index contributed by atoms with van der Waals surface area (Å²) in [7, 11) is 2.07. The van der Waals surface area contributed by atoms with E-state index in [4.69, 9.17) is 4.74 Å². The number of benzene rings is 2. The molecular weight excluding hydrogens is 316 g/mol. The minimum atomic E-state index is -0.373. The summed E-state index contributed by atoms with van der Waals surface area (Å²) >= 11 is 0. The van der Waals surface area contributed by atoms with Gasteiger partial charge >= 0.3 is 0 Å². The Labute approximate surface area is 149 Å². The molecule has 2 aromatic carbocycles. The molecule has 0 amide bonds. The van der Waals surface area contributed by atoms with Gasteiger partial charge in [0.2, 0.25) is 0 Å². The number of aryl methyl sites for hydroxylation is 2. The molecule has 0 aromatic heterocycles. The second-order valence-electron chi connectivity index (χ2n) is 6.59. The molecule has 1 unspecified atom stereocenters. The van der Waals surface area contributed by atoms with Gasteiger partial charge in [0.1, 0.15) is 11.9 Å². The molecule has 0 aliphatic rings. The average molecular weight is 342 g/mol. The fourth-order valence-electron chi connectivity index (χ4n) is 2.86. The molecule has 0 fully saturated rings. The molecule has 0 radical (unpaired) electrons. The third-order valence-corrected chi connectivity index (χ3v) is 4.23. The molecule has 0 saturated carbocycles. The van der Waals surface area contributed by atoms with Crippen molar-refractivity contribution in [3.8, 4) is 5.75 Å². The molecule has 0 N–H and O–H groups in total. The summed E-state index contributed by atoms with van der Waals surface area (Å²) in [4.78, 5) is 12.5. The maximum Gasteiger partial charge on any atom is 0.269 e. The molecule has 0 heterocycles. The Morgan fingerprint density at radius 3 is 2.28 bits per heavy atom. The summed E-state index contributed by atoms with van der Waals surface area (Å²) in [6.07, 6.45) is 0.937. The third-order valence-electron chi connectivity index (χ3n) is 4.23. The lowest BCUT2D eigenvalue weighted by atomic mass is 10.1. The lowest BCUT2D eigenvalue weighted by Crippen LogP contribution is -2.32. The Kier molecular flexibility index (Phi) is 6.53. The van der Waals surface area contributed by atoms with Gasteiger partial charge in [-0.25, -0.2) is 0 Å². The number of para-hydroxylation sites is 1. The fraction of sp³-hybridized carbons (Fsp3) is 0.400. The van der Waals surface area contributed by atoms with Gasteiger partial charge in [0.25, 0.3) is 5.69 Å². The van der Waals surface area contributed by atoms with E-state index in [-0.39, 0.29) is 16.7 Å². The third kappa shape index (κ3) is 5.57. The number of rotatable bonds is 8. The number of nitro groups is 1. The monoisotopic (exact) mass is 342 g/mol. The van der Waals surface area contributed by atoms with Crippen LogP contribution in [0.15, 0.2) is 42.5 Å². The van der Waals surface area contributed by atoms with Crippen LogP contribution in [0, 0.1) is 24.0 Å². The molecule has 0 bridgehead atoms. The fourth-order valence-corrected chi connectivity index (χ4v) is 2.86. The summed E-state index contributed by atoms with van der Waals surface area (Å²) in [5.41, 5.74) is 3.54. The highest BCUT2D eigenvalue weighted by atomic mass is 16.6. The van der Waals surface area contributed by atoms with Gasteiger partial charge in [-0.15, -0.1) is 0 Å². The highest BCUT2D eigenvalue weighted by Crippen LogP contribution is 2.23. The second-order valence-corrected chi connectivity index (χ2v) is 6.59. The topological polar surface area (TPSA) is 55.6 Å². The van der Waals surface area contributed by atoms with Gasteiger partial charge in [0.15, 0.2) is 0 Å². The van der Waals surface area contributed by atoms with E-state index in [0.717, 1.165) is 42.0 Å². The number of nitrogens with zero attached hydrogens (tertiary/aromatic N) is 2. The highest BCUT2D eigenvalue weighted by Gasteiger charge is 2.12. The Morgan fingerprint density at radius 2 is 1.72 bits per heavy atom.